The third-order valence-corrected chi connectivity index (χ3v) is 1.71. The summed E-state index contributed by atoms with van der Waals surface area (Å²) >= 11 is 0. The quantitative estimate of drug-likeness (QED) is 0.492. The molecular weight excluding hydrogens is 126 g/mol. The lowest BCUT2D eigenvalue weighted by Crippen LogP contribution is -2.32. The minimum atomic E-state index is 0.861. The van der Waals surface area contributed by atoms with Gasteiger partial charge in [-0.25, -0.2) is 0 Å². The first-order valence-electron chi connectivity index (χ1n) is 3.46. The predicted molar refractivity (Wildman–Crippen MR) is 43.1 cm³/mol. The van der Waals surface area contributed by atoms with Crippen LogP contribution in [0.3, 0.4) is 0 Å². The first kappa shape index (κ1) is 7.28. The number of hydrogen-bond donors (Lipinski definition) is 2. The van der Waals surface area contributed by atoms with Gasteiger partial charge in [-0.05, 0) is 24.7 Å². The van der Waals surface area contributed by atoms with Crippen molar-refractivity contribution in [1.29, 1.82) is 0 Å². The van der Waals surface area contributed by atoms with Crippen molar-refractivity contribution in [2.45, 2.75) is 6.42 Å². The van der Waals surface area contributed by atoms with E-state index in [2.05, 4.69) is 10.3 Å². The Labute approximate surface area is 61.0 Å². The molecule has 0 amide bonds. The van der Waals surface area contributed by atoms with Crippen molar-refractivity contribution in [3.05, 3.63) is 11.8 Å². The van der Waals surface area contributed by atoms with Gasteiger partial charge in [-0.2, -0.15) is 0 Å². The van der Waals surface area contributed by atoms with Crippen LogP contribution >= 0.6 is 0 Å². The number of piperidine rings is 1. The molecule has 0 aromatic heterocycles. The highest BCUT2D eigenvalue weighted by molar-refractivity contribution is 6.02. The lowest BCUT2D eigenvalue weighted by Gasteiger charge is -2.16. The molecule has 3 nitrogen and oxygen atoms in total. The van der Waals surface area contributed by atoms with Crippen LogP contribution in [0.4, 0.5) is 0 Å². The van der Waals surface area contributed by atoms with Crippen molar-refractivity contribution in [1.82, 2.24) is 5.32 Å². The Balaban J connectivity index is 2.69. The lowest BCUT2D eigenvalue weighted by atomic mass is 10.1. The van der Waals surface area contributed by atoms with Crippen LogP contribution in [0.2, 0.25) is 0 Å². The highest BCUT2D eigenvalue weighted by Gasteiger charge is 2.09. The molecular formula is C7H13N3. The molecule has 1 fully saturated rings. The van der Waals surface area contributed by atoms with Crippen molar-refractivity contribution >= 4 is 5.71 Å². The van der Waals surface area contributed by atoms with Gasteiger partial charge in [0, 0.05) is 13.6 Å². The van der Waals surface area contributed by atoms with Crippen LogP contribution < -0.4 is 11.1 Å². The number of nitrogens with zero attached hydrogens (tertiary/aromatic N) is 1. The fourth-order valence-corrected chi connectivity index (χ4v) is 1.09. The molecule has 1 saturated heterocycles. The zero-order valence-electron chi connectivity index (χ0n) is 6.22. The van der Waals surface area contributed by atoms with Crippen LogP contribution in [0.25, 0.3) is 0 Å². The summed E-state index contributed by atoms with van der Waals surface area (Å²) in [5.74, 6) is 0. The number of rotatable bonds is 0. The van der Waals surface area contributed by atoms with Gasteiger partial charge in [-0.1, -0.05) is 0 Å². The fraction of sp³-hybridized carbons (Fsp3) is 0.571. The molecule has 0 spiro atoms. The minimum Gasteiger partial charge on any atom is -0.404 e. The summed E-state index contributed by atoms with van der Waals surface area (Å²) in [5, 5.41) is 3.22. The first-order valence-corrected chi connectivity index (χ1v) is 3.46. The first-order chi connectivity index (χ1) is 4.88. The van der Waals surface area contributed by atoms with E-state index < -0.39 is 0 Å². The van der Waals surface area contributed by atoms with Gasteiger partial charge in [0.25, 0.3) is 0 Å². The van der Waals surface area contributed by atoms with Crippen LogP contribution in [-0.2, 0) is 0 Å². The normalized spacial score (nSPS) is 27.7. The Morgan fingerprint density at radius 1 is 1.70 bits per heavy atom. The molecule has 0 aromatic rings. The smallest absolute Gasteiger partial charge is 0.0529 e. The summed E-state index contributed by atoms with van der Waals surface area (Å²) in [6.45, 7) is 1.88. The maximum absolute atomic E-state index is 5.40. The Kier molecular flexibility index (Phi) is 2.45. The summed E-state index contributed by atoms with van der Waals surface area (Å²) < 4.78 is 0. The van der Waals surface area contributed by atoms with E-state index in [-0.39, 0.29) is 0 Å². The third-order valence-electron chi connectivity index (χ3n) is 1.71. The second kappa shape index (κ2) is 3.37. The molecule has 1 aliphatic heterocycles. The monoisotopic (exact) mass is 139 g/mol. The van der Waals surface area contributed by atoms with Gasteiger partial charge in [0.1, 0.15) is 0 Å². The van der Waals surface area contributed by atoms with E-state index in [1.807, 2.05) is 0 Å². The summed E-state index contributed by atoms with van der Waals surface area (Å²) in [7, 11) is 1.80. The van der Waals surface area contributed by atoms with Crippen LogP contribution in [0.15, 0.2) is 16.8 Å². The Morgan fingerprint density at radius 3 is 3.00 bits per heavy atom. The van der Waals surface area contributed by atoms with Gasteiger partial charge in [-0.15, -0.1) is 0 Å². The molecule has 3 heteroatoms. The molecule has 0 bridgehead atoms. The molecule has 0 aliphatic carbocycles. The van der Waals surface area contributed by atoms with Crippen molar-refractivity contribution in [2.75, 3.05) is 20.1 Å². The van der Waals surface area contributed by atoms with Crippen molar-refractivity contribution < 1.29 is 0 Å². The van der Waals surface area contributed by atoms with E-state index >= 15 is 0 Å². The van der Waals surface area contributed by atoms with E-state index in [0.29, 0.717) is 0 Å². The minimum absolute atomic E-state index is 0.861. The molecule has 1 rings (SSSR count). The predicted octanol–water partition coefficient (Wildman–Crippen LogP) is -0.107. The molecule has 1 heterocycles. The Bertz CT molecular complexity index is 150. The summed E-state index contributed by atoms with van der Waals surface area (Å²) in [5.41, 5.74) is 7.67. The SMILES string of the molecule is CN=C1CNCCC1=CN. The van der Waals surface area contributed by atoms with Gasteiger partial charge in [0.05, 0.1) is 5.71 Å². The van der Waals surface area contributed by atoms with Gasteiger partial charge in [0.15, 0.2) is 0 Å². The average Bonchev–Trinajstić information content (AvgIpc) is 2.04. The second-order valence-corrected chi connectivity index (χ2v) is 2.29. The van der Waals surface area contributed by atoms with E-state index in [1.165, 1.54) is 5.57 Å². The number of nitrogens with one attached hydrogen (secondary N) is 1. The number of aliphatic imine (C=N–C) groups is 1. The maximum atomic E-state index is 5.40. The third kappa shape index (κ3) is 1.36. The Hall–Kier alpha value is -0.830. The van der Waals surface area contributed by atoms with Gasteiger partial charge in [-0.3, -0.25) is 4.99 Å². The summed E-state index contributed by atoms with van der Waals surface area (Å²) in [6.07, 6.45) is 2.66. The molecule has 0 radical (unpaired) electrons. The maximum Gasteiger partial charge on any atom is 0.0529 e. The average molecular weight is 139 g/mol. The number of nitrogens with two attached hydrogens (primary N) is 1. The zero-order valence-corrected chi connectivity index (χ0v) is 6.22. The number of hydrogen-bond acceptors (Lipinski definition) is 3. The standard InChI is InChI=1S/C7H13N3/c1-9-7-5-10-3-2-6(7)4-8/h4,10H,2-3,5,8H2,1H3. The second-order valence-electron chi connectivity index (χ2n) is 2.29. The zero-order chi connectivity index (χ0) is 7.40. The molecule has 10 heavy (non-hydrogen) atoms. The largest absolute Gasteiger partial charge is 0.404 e. The van der Waals surface area contributed by atoms with E-state index in [1.54, 1.807) is 13.2 Å². The molecule has 3 N–H and O–H groups in total. The fourth-order valence-electron chi connectivity index (χ4n) is 1.09. The Morgan fingerprint density at radius 2 is 2.50 bits per heavy atom. The molecule has 0 aromatic carbocycles. The van der Waals surface area contributed by atoms with Crippen LogP contribution in [0, 0.1) is 0 Å². The molecule has 56 valence electrons. The van der Waals surface area contributed by atoms with E-state index in [9.17, 15) is 0 Å². The van der Waals surface area contributed by atoms with Crippen LogP contribution in [-0.4, -0.2) is 25.8 Å². The molecule has 1 aliphatic rings. The summed E-state index contributed by atoms with van der Waals surface area (Å²) in [6, 6.07) is 0. The van der Waals surface area contributed by atoms with Gasteiger partial charge < -0.3 is 11.1 Å². The van der Waals surface area contributed by atoms with Gasteiger partial charge >= 0.3 is 0 Å². The van der Waals surface area contributed by atoms with E-state index in [4.69, 9.17) is 5.73 Å². The van der Waals surface area contributed by atoms with E-state index in [0.717, 1.165) is 25.2 Å². The molecule has 0 unspecified atom stereocenters. The van der Waals surface area contributed by atoms with Crippen LogP contribution in [0.5, 0.6) is 0 Å². The molecule has 0 saturated carbocycles. The van der Waals surface area contributed by atoms with Crippen molar-refractivity contribution in [3.63, 3.8) is 0 Å². The highest BCUT2D eigenvalue weighted by Crippen LogP contribution is 2.05. The van der Waals surface area contributed by atoms with Crippen molar-refractivity contribution in [2.24, 2.45) is 10.7 Å². The highest BCUT2D eigenvalue weighted by atomic mass is 14.9. The van der Waals surface area contributed by atoms with Gasteiger partial charge in [0.2, 0.25) is 0 Å². The van der Waals surface area contributed by atoms with Crippen molar-refractivity contribution in [3.8, 4) is 0 Å². The lowest BCUT2D eigenvalue weighted by molar-refractivity contribution is 0.730. The topological polar surface area (TPSA) is 50.4 Å². The summed E-state index contributed by atoms with van der Waals surface area (Å²) in [4.78, 5) is 4.11. The molecule has 0 atom stereocenters. The van der Waals surface area contributed by atoms with Crippen LogP contribution in [0.1, 0.15) is 6.42 Å².